The fourth-order valence-electron chi connectivity index (χ4n) is 8.12. The SMILES string of the molecule is C[C@H]1[C@H](C)CCC[C@@H]1NC(=O)[C@@H]1N([C@@H]2CCCC[C@@H]2C)C(=O)[C@@H]2[C@H](C(=O)Nc3ccc(F)c(Cl)c3)[C@@H]3C=C[C@]21O3. The van der Waals surface area contributed by atoms with Crippen molar-refractivity contribution < 1.29 is 23.5 Å². The molecule has 3 aliphatic heterocycles. The minimum absolute atomic E-state index is 0.0392. The smallest absolute Gasteiger partial charge is 0.246 e. The van der Waals surface area contributed by atoms with Gasteiger partial charge in [-0.3, -0.25) is 14.4 Å². The van der Waals surface area contributed by atoms with E-state index in [1.165, 1.54) is 18.2 Å². The van der Waals surface area contributed by atoms with E-state index in [-0.39, 0.29) is 34.8 Å². The van der Waals surface area contributed by atoms with Gasteiger partial charge in [-0.05, 0) is 55.2 Å². The fraction of sp³-hybridized carbons (Fsp3) is 0.645. The largest absolute Gasteiger partial charge is 0.359 e. The average Bonchev–Trinajstić information content (AvgIpc) is 3.56. The van der Waals surface area contributed by atoms with Crippen LogP contribution in [0.5, 0.6) is 0 Å². The predicted octanol–water partition coefficient (Wildman–Crippen LogP) is 5.09. The molecule has 2 saturated heterocycles. The van der Waals surface area contributed by atoms with Crippen molar-refractivity contribution in [1.82, 2.24) is 10.2 Å². The highest BCUT2D eigenvalue weighted by molar-refractivity contribution is 6.31. The molecule has 1 aromatic rings. The van der Waals surface area contributed by atoms with Crippen LogP contribution in [0.25, 0.3) is 0 Å². The summed E-state index contributed by atoms with van der Waals surface area (Å²) in [6.45, 7) is 6.57. The predicted molar refractivity (Wildman–Crippen MR) is 150 cm³/mol. The summed E-state index contributed by atoms with van der Waals surface area (Å²) in [7, 11) is 0. The number of nitrogens with zero attached hydrogens (tertiary/aromatic N) is 1. The lowest BCUT2D eigenvalue weighted by atomic mass is 9.73. The van der Waals surface area contributed by atoms with Crippen LogP contribution in [-0.2, 0) is 19.1 Å². The summed E-state index contributed by atoms with van der Waals surface area (Å²) in [5.74, 6) is -1.89. The summed E-state index contributed by atoms with van der Waals surface area (Å²) in [6.07, 6.45) is 10.1. The van der Waals surface area contributed by atoms with Crippen molar-refractivity contribution in [3.05, 3.63) is 41.2 Å². The van der Waals surface area contributed by atoms with Crippen LogP contribution in [0.4, 0.5) is 10.1 Å². The topological polar surface area (TPSA) is 87.7 Å². The molecule has 0 aromatic heterocycles. The lowest BCUT2D eigenvalue weighted by Gasteiger charge is -2.42. The minimum Gasteiger partial charge on any atom is -0.359 e. The maximum absolute atomic E-state index is 14.4. The molecule has 3 heterocycles. The third-order valence-electron chi connectivity index (χ3n) is 10.5. The normalized spacial score (nSPS) is 40.3. The molecular weight excluding hydrogens is 533 g/mol. The molecule has 0 unspecified atom stereocenters. The lowest BCUT2D eigenvalue weighted by Crippen LogP contribution is -2.60. The molecule has 3 amide bonds. The van der Waals surface area contributed by atoms with Crippen LogP contribution in [0.15, 0.2) is 30.4 Å². The van der Waals surface area contributed by atoms with E-state index in [2.05, 4.69) is 31.4 Å². The number of ether oxygens (including phenoxy) is 1. The number of amides is 3. The van der Waals surface area contributed by atoms with Gasteiger partial charge in [0.1, 0.15) is 17.5 Å². The van der Waals surface area contributed by atoms with Gasteiger partial charge >= 0.3 is 0 Å². The summed E-state index contributed by atoms with van der Waals surface area (Å²) < 4.78 is 20.2. The second-order valence-corrected chi connectivity index (χ2v) is 13.2. The van der Waals surface area contributed by atoms with Gasteiger partial charge in [-0.1, -0.05) is 70.2 Å². The highest BCUT2D eigenvalue weighted by atomic mass is 35.5. The molecule has 40 heavy (non-hydrogen) atoms. The summed E-state index contributed by atoms with van der Waals surface area (Å²) in [4.78, 5) is 44.1. The number of carbonyl (C=O) groups excluding carboxylic acids is 3. The molecule has 2 saturated carbocycles. The zero-order chi connectivity index (χ0) is 28.3. The number of carbonyl (C=O) groups is 3. The summed E-state index contributed by atoms with van der Waals surface area (Å²) in [6, 6.07) is 3.10. The van der Waals surface area contributed by atoms with E-state index in [1.807, 2.05) is 12.2 Å². The Hall–Kier alpha value is -2.45. The molecule has 1 spiro atoms. The van der Waals surface area contributed by atoms with Crippen molar-refractivity contribution in [1.29, 1.82) is 0 Å². The van der Waals surface area contributed by atoms with E-state index in [4.69, 9.17) is 16.3 Å². The van der Waals surface area contributed by atoms with Crippen LogP contribution in [0.3, 0.4) is 0 Å². The molecule has 10 atom stereocenters. The van der Waals surface area contributed by atoms with Crippen molar-refractivity contribution in [3.63, 3.8) is 0 Å². The van der Waals surface area contributed by atoms with E-state index in [9.17, 15) is 18.8 Å². The number of hydrogen-bond donors (Lipinski definition) is 2. The van der Waals surface area contributed by atoms with Gasteiger partial charge in [0.05, 0.1) is 23.0 Å². The van der Waals surface area contributed by atoms with Crippen LogP contribution >= 0.6 is 11.6 Å². The van der Waals surface area contributed by atoms with Gasteiger partial charge in [-0.2, -0.15) is 0 Å². The molecule has 4 fully saturated rings. The van der Waals surface area contributed by atoms with Crippen LogP contribution in [-0.4, -0.2) is 52.5 Å². The van der Waals surface area contributed by atoms with Crippen LogP contribution in [0.2, 0.25) is 5.02 Å². The van der Waals surface area contributed by atoms with E-state index in [0.717, 1.165) is 44.9 Å². The molecule has 2 bridgehead atoms. The molecule has 0 radical (unpaired) electrons. The Morgan fingerprint density at radius 1 is 1.05 bits per heavy atom. The zero-order valence-electron chi connectivity index (χ0n) is 23.4. The fourth-order valence-corrected chi connectivity index (χ4v) is 8.30. The van der Waals surface area contributed by atoms with E-state index < -0.39 is 41.3 Å². The maximum Gasteiger partial charge on any atom is 0.246 e. The molecular formula is C31H39ClFN3O4. The number of likely N-dealkylation sites (tertiary alicyclic amines) is 1. The number of rotatable bonds is 5. The summed E-state index contributed by atoms with van der Waals surface area (Å²) >= 11 is 5.94. The standard InChI is InChI=1S/C31H39ClFN3O4/c1-16-8-6-9-22(18(16)3)35-29(38)27-31-14-13-24(40-31)25(28(37)34-19-11-12-21(33)20(32)15-19)26(31)30(39)36(27)23-10-5-4-7-17(23)2/h11-18,22-27H,4-10H2,1-3H3,(H,34,37)(H,35,38)/t16-,17+,18+,22+,23-,24+,25-,26+,27+,31+/m1/s1. The Balaban J connectivity index is 1.33. The molecule has 1 aromatic carbocycles. The van der Waals surface area contributed by atoms with Gasteiger partial charge in [0.15, 0.2) is 0 Å². The van der Waals surface area contributed by atoms with Crippen molar-refractivity contribution >= 4 is 35.0 Å². The van der Waals surface area contributed by atoms with Crippen molar-refractivity contribution in [2.45, 2.75) is 95.5 Å². The quantitative estimate of drug-likeness (QED) is 0.482. The first-order valence-corrected chi connectivity index (χ1v) is 15.3. The number of nitrogens with one attached hydrogen (secondary N) is 2. The van der Waals surface area contributed by atoms with Gasteiger partial charge in [0, 0.05) is 17.8 Å². The van der Waals surface area contributed by atoms with Gasteiger partial charge in [0.25, 0.3) is 0 Å². The van der Waals surface area contributed by atoms with Crippen molar-refractivity contribution in [2.75, 3.05) is 5.32 Å². The lowest BCUT2D eigenvalue weighted by molar-refractivity contribution is -0.146. The Bertz CT molecular complexity index is 1240. The third kappa shape index (κ3) is 4.37. The van der Waals surface area contributed by atoms with Gasteiger partial charge in [0.2, 0.25) is 17.7 Å². The molecule has 5 aliphatic rings. The highest BCUT2D eigenvalue weighted by Gasteiger charge is 2.73. The molecule has 9 heteroatoms. The first-order valence-electron chi connectivity index (χ1n) is 14.9. The van der Waals surface area contributed by atoms with E-state index in [1.54, 1.807) is 4.90 Å². The number of fused-ring (bicyclic) bond motifs is 1. The first-order chi connectivity index (χ1) is 19.1. The summed E-state index contributed by atoms with van der Waals surface area (Å²) in [5, 5.41) is 6.05. The van der Waals surface area contributed by atoms with Crippen LogP contribution in [0, 0.1) is 35.4 Å². The van der Waals surface area contributed by atoms with Crippen LogP contribution in [0.1, 0.15) is 65.7 Å². The number of halogens is 2. The second kappa shape index (κ2) is 10.4. The maximum atomic E-state index is 14.4. The number of anilines is 1. The van der Waals surface area contributed by atoms with Crippen molar-refractivity contribution in [2.24, 2.45) is 29.6 Å². The molecule has 2 aliphatic carbocycles. The average molecular weight is 572 g/mol. The Labute approximate surface area is 240 Å². The number of hydrogen-bond acceptors (Lipinski definition) is 4. The second-order valence-electron chi connectivity index (χ2n) is 12.8. The Morgan fingerprint density at radius 2 is 1.80 bits per heavy atom. The van der Waals surface area contributed by atoms with Gasteiger partial charge < -0.3 is 20.3 Å². The Kier molecular flexibility index (Phi) is 7.22. The van der Waals surface area contributed by atoms with Crippen molar-refractivity contribution in [3.8, 4) is 0 Å². The molecule has 7 nitrogen and oxygen atoms in total. The zero-order valence-corrected chi connectivity index (χ0v) is 24.1. The molecule has 6 rings (SSSR count). The third-order valence-corrected chi connectivity index (χ3v) is 10.8. The monoisotopic (exact) mass is 571 g/mol. The minimum atomic E-state index is -1.20. The van der Waals surface area contributed by atoms with E-state index in [0.29, 0.717) is 17.5 Å². The molecule has 2 N–H and O–H groups in total. The first kappa shape index (κ1) is 27.7. The highest BCUT2D eigenvalue weighted by Crippen LogP contribution is 2.56. The molecule has 216 valence electrons. The number of benzene rings is 1. The van der Waals surface area contributed by atoms with E-state index >= 15 is 0 Å². The van der Waals surface area contributed by atoms with Gasteiger partial charge in [-0.15, -0.1) is 0 Å². The van der Waals surface area contributed by atoms with Crippen LogP contribution < -0.4 is 10.6 Å². The summed E-state index contributed by atoms with van der Waals surface area (Å²) in [5.41, 5.74) is -0.857. The Morgan fingerprint density at radius 3 is 2.55 bits per heavy atom. The van der Waals surface area contributed by atoms with Gasteiger partial charge in [-0.25, -0.2) is 4.39 Å².